The summed E-state index contributed by atoms with van der Waals surface area (Å²) in [5.74, 6) is 0.844. The first-order valence-corrected chi connectivity index (χ1v) is 7.83. The van der Waals surface area contributed by atoms with Crippen LogP contribution in [0.25, 0.3) is 0 Å². The predicted octanol–water partition coefficient (Wildman–Crippen LogP) is 2.31. The lowest BCUT2D eigenvalue weighted by atomic mass is 9.88. The van der Waals surface area contributed by atoms with Gasteiger partial charge in [0.2, 0.25) is 0 Å². The van der Waals surface area contributed by atoms with Gasteiger partial charge in [0.15, 0.2) is 0 Å². The minimum absolute atomic E-state index is 0.532. The van der Waals surface area contributed by atoms with E-state index in [2.05, 4.69) is 17.6 Å². The molecule has 4 atom stereocenters. The molecule has 1 saturated carbocycles. The lowest BCUT2D eigenvalue weighted by Gasteiger charge is -2.34. The molecule has 0 bridgehead atoms. The normalized spacial score (nSPS) is 34.7. The molecule has 2 aliphatic rings. The standard InChI is InChI=1S/C15H30N2O/c1-3-12(11-18-2)17-15-9-6-7-13(15)14-8-4-5-10-16-14/h12-17H,3-11H2,1-2H3. The minimum atomic E-state index is 0.532. The van der Waals surface area contributed by atoms with E-state index >= 15 is 0 Å². The molecular formula is C15H30N2O. The Morgan fingerprint density at radius 1 is 1.22 bits per heavy atom. The van der Waals surface area contributed by atoms with Crippen LogP contribution in [0.1, 0.15) is 51.9 Å². The zero-order valence-electron chi connectivity index (χ0n) is 12.1. The second-order valence-electron chi connectivity index (χ2n) is 5.98. The summed E-state index contributed by atoms with van der Waals surface area (Å²) in [5, 5.41) is 7.59. The van der Waals surface area contributed by atoms with Gasteiger partial charge in [-0.1, -0.05) is 19.8 Å². The van der Waals surface area contributed by atoms with Crippen LogP contribution in [0.2, 0.25) is 0 Å². The van der Waals surface area contributed by atoms with Crippen LogP contribution < -0.4 is 10.6 Å². The molecule has 18 heavy (non-hydrogen) atoms. The summed E-state index contributed by atoms with van der Waals surface area (Å²) >= 11 is 0. The molecule has 1 aliphatic heterocycles. The van der Waals surface area contributed by atoms with Crippen molar-refractivity contribution in [3.63, 3.8) is 0 Å². The van der Waals surface area contributed by atoms with Gasteiger partial charge in [0, 0.05) is 25.2 Å². The third-order valence-electron chi connectivity index (χ3n) is 4.75. The molecule has 0 aromatic carbocycles. The highest BCUT2D eigenvalue weighted by Crippen LogP contribution is 2.32. The summed E-state index contributed by atoms with van der Waals surface area (Å²) in [6.07, 6.45) is 9.46. The quantitative estimate of drug-likeness (QED) is 0.763. The largest absolute Gasteiger partial charge is 0.383 e. The molecule has 0 aromatic heterocycles. The van der Waals surface area contributed by atoms with Crippen LogP contribution in [0, 0.1) is 5.92 Å². The third-order valence-corrected chi connectivity index (χ3v) is 4.75. The lowest BCUT2D eigenvalue weighted by Crippen LogP contribution is -2.50. The van der Waals surface area contributed by atoms with E-state index in [4.69, 9.17) is 4.74 Å². The maximum atomic E-state index is 5.31. The molecule has 0 spiro atoms. The number of methoxy groups -OCH3 is 1. The van der Waals surface area contributed by atoms with Crippen LogP contribution in [0.15, 0.2) is 0 Å². The van der Waals surface area contributed by atoms with Crippen LogP contribution in [0.4, 0.5) is 0 Å². The summed E-state index contributed by atoms with van der Waals surface area (Å²) in [5.41, 5.74) is 0. The van der Waals surface area contributed by atoms with E-state index in [1.807, 2.05) is 0 Å². The fourth-order valence-electron chi connectivity index (χ4n) is 3.71. The van der Waals surface area contributed by atoms with E-state index < -0.39 is 0 Å². The number of ether oxygens (including phenoxy) is 1. The van der Waals surface area contributed by atoms with Gasteiger partial charge in [-0.05, 0) is 44.6 Å². The monoisotopic (exact) mass is 254 g/mol. The Bertz CT molecular complexity index is 229. The Morgan fingerprint density at radius 2 is 2.11 bits per heavy atom. The third kappa shape index (κ3) is 3.69. The Balaban J connectivity index is 1.85. The zero-order chi connectivity index (χ0) is 12.8. The van der Waals surface area contributed by atoms with Crippen molar-refractivity contribution in [2.45, 2.75) is 70.0 Å². The molecule has 3 heteroatoms. The van der Waals surface area contributed by atoms with Crippen molar-refractivity contribution >= 4 is 0 Å². The van der Waals surface area contributed by atoms with E-state index in [1.165, 1.54) is 45.1 Å². The second kappa shape index (κ2) is 7.46. The highest BCUT2D eigenvalue weighted by atomic mass is 16.5. The first-order valence-electron chi connectivity index (χ1n) is 7.83. The Morgan fingerprint density at radius 3 is 2.78 bits per heavy atom. The van der Waals surface area contributed by atoms with Gasteiger partial charge in [0.05, 0.1) is 6.61 Å². The molecule has 3 nitrogen and oxygen atoms in total. The lowest BCUT2D eigenvalue weighted by molar-refractivity contribution is 0.148. The van der Waals surface area contributed by atoms with Crippen LogP contribution in [-0.2, 0) is 4.74 Å². The summed E-state index contributed by atoms with van der Waals surface area (Å²) in [6.45, 7) is 4.32. The topological polar surface area (TPSA) is 33.3 Å². The zero-order valence-corrected chi connectivity index (χ0v) is 12.1. The summed E-state index contributed by atoms with van der Waals surface area (Å²) < 4.78 is 5.31. The van der Waals surface area contributed by atoms with Crippen molar-refractivity contribution in [2.75, 3.05) is 20.3 Å². The van der Waals surface area contributed by atoms with Crippen LogP contribution >= 0.6 is 0 Å². The summed E-state index contributed by atoms with van der Waals surface area (Å²) in [6, 6.07) is 2.00. The van der Waals surface area contributed by atoms with Crippen LogP contribution in [0.3, 0.4) is 0 Å². The van der Waals surface area contributed by atoms with Crippen molar-refractivity contribution < 1.29 is 4.74 Å². The van der Waals surface area contributed by atoms with Gasteiger partial charge >= 0.3 is 0 Å². The number of rotatable bonds is 6. The molecule has 1 saturated heterocycles. The predicted molar refractivity (Wildman–Crippen MR) is 75.9 cm³/mol. The molecule has 4 unspecified atom stereocenters. The first-order chi connectivity index (χ1) is 8.85. The van der Waals surface area contributed by atoms with Gasteiger partial charge in [-0.15, -0.1) is 0 Å². The maximum Gasteiger partial charge on any atom is 0.0615 e. The number of hydrogen-bond acceptors (Lipinski definition) is 3. The van der Waals surface area contributed by atoms with Crippen LogP contribution in [0.5, 0.6) is 0 Å². The molecule has 0 radical (unpaired) electrons. The summed E-state index contributed by atoms with van der Waals surface area (Å²) in [4.78, 5) is 0. The Hall–Kier alpha value is -0.120. The Kier molecular flexibility index (Phi) is 5.93. The van der Waals surface area contributed by atoms with Crippen molar-refractivity contribution in [3.05, 3.63) is 0 Å². The van der Waals surface area contributed by atoms with E-state index in [0.29, 0.717) is 12.1 Å². The van der Waals surface area contributed by atoms with Gasteiger partial charge in [-0.25, -0.2) is 0 Å². The van der Waals surface area contributed by atoms with Crippen molar-refractivity contribution in [1.29, 1.82) is 0 Å². The molecule has 2 rings (SSSR count). The Labute approximate surface area is 112 Å². The van der Waals surface area contributed by atoms with Crippen LogP contribution in [-0.4, -0.2) is 38.4 Å². The maximum absolute atomic E-state index is 5.31. The minimum Gasteiger partial charge on any atom is -0.383 e. The molecule has 106 valence electrons. The van der Waals surface area contributed by atoms with Gasteiger partial charge in [0.1, 0.15) is 0 Å². The van der Waals surface area contributed by atoms with Gasteiger partial charge in [-0.3, -0.25) is 0 Å². The number of hydrogen-bond donors (Lipinski definition) is 2. The van der Waals surface area contributed by atoms with E-state index in [0.717, 1.165) is 25.0 Å². The van der Waals surface area contributed by atoms with Crippen molar-refractivity contribution in [1.82, 2.24) is 10.6 Å². The van der Waals surface area contributed by atoms with E-state index in [1.54, 1.807) is 7.11 Å². The SMILES string of the molecule is CCC(COC)NC1CCCC1C1CCCCN1. The van der Waals surface area contributed by atoms with E-state index in [9.17, 15) is 0 Å². The highest BCUT2D eigenvalue weighted by molar-refractivity contribution is 4.93. The number of piperidine rings is 1. The molecule has 0 amide bonds. The average Bonchev–Trinajstić information content (AvgIpc) is 2.87. The smallest absolute Gasteiger partial charge is 0.0615 e. The van der Waals surface area contributed by atoms with Gasteiger partial charge in [-0.2, -0.15) is 0 Å². The molecule has 1 aliphatic carbocycles. The van der Waals surface area contributed by atoms with E-state index in [-0.39, 0.29) is 0 Å². The fraction of sp³-hybridized carbons (Fsp3) is 1.00. The highest BCUT2D eigenvalue weighted by Gasteiger charge is 2.34. The molecule has 0 aromatic rings. The van der Waals surface area contributed by atoms with Gasteiger partial charge in [0.25, 0.3) is 0 Å². The fourth-order valence-corrected chi connectivity index (χ4v) is 3.71. The first kappa shape index (κ1) is 14.3. The van der Waals surface area contributed by atoms with Crippen molar-refractivity contribution in [3.8, 4) is 0 Å². The molecule has 2 fully saturated rings. The molecule has 1 heterocycles. The van der Waals surface area contributed by atoms with Crippen molar-refractivity contribution in [2.24, 2.45) is 5.92 Å². The van der Waals surface area contributed by atoms with Gasteiger partial charge < -0.3 is 15.4 Å². The second-order valence-corrected chi connectivity index (χ2v) is 5.98. The molecule has 2 N–H and O–H groups in total. The number of nitrogens with one attached hydrogen (secondary N) is 2. The summed E-state index contributed by atoms with van der Waals surface area (Å²) in [7, 11) is 1.80. The average molecular weight is 254 g/mol. The molecular weight excluding hydrogens is 224 g/mol.